The van der Waals surface area contributed by atoms with Crippen LogP contribution in [0.2, 0.25) is 0 Å². The van der Waals surface area contributed by atoms with Gasteiger partial charge < -0.3 is 4.90 Å². The van der Waals surface area contributed by atoms with Gasteiger partial charge in [-0.05, 0) is 49.8 Å². The summed E-state index contributed by atoms with van der Waals surface area (Å²) >= 11 is 1.52. The van der Waals surface area contributed by atoms with E-state index in [-0.39, 0.29) is 0 Å². The summed E-state index contributed by atoms with van der Waals surface area (Å²) in [6.45, 7) is 4.12. The van der Waals surface area contributed by atoms with Crippen molar-refractivity contribution in [3.8, 4) is 0 Å². The molecule has 2 aromatic heterocycles. The first-order valence-electron chi connectivity index (χ1n) is 6.78. The zero-order valence-corrected chi connectivity index (χ0v) is 11.9. The average molecular weight is 274 g/mol. The van der Waals surface area contributed by atoms with Gasteiger partial charge in [-0.25, -0.2) is 4.98 Å². The van der Waals surface area contributed by atoms with Gasteiger partial charge >= 0.3 is 0 Å². The number of nitrogens with zero attached hydrogens (tertiary/aromatic N) is 4. The van der Waals surface area contributed by atoms with E-state index >= 15 is 0 Å². The molecule has 4 nitrogen and oxygen atoms in total. The van der Waals surface area contributed by atoms with E-state index in [4.69, 9.17) is 0 Å². The van der Waals surface area contributed by atoms with Crippen molar-refractivity contribution in [2.45, 2.75) is 32.1 Å². The molecular weight excluding hydrogens is 256 g/mol. The number of aryl methyl sites for hydroxylation is 1. The van der Waals surface area contributed by atoms with Crippen molar-refractivity contribution in [3.05, 3.63) is 35.9 Å². The Hall–Kier alpha value is -1.49. The van der Waals surface area contributed by atoms with Crippen LogP contribution in [0.4, 0.5) is 5.13 Å². The molecule has 1 aliphatic heterocycles. The zero-order chi connectivity index (χ0) is 13.1. The first kappa shape index (κ1) is 12.5. The minimum atomic E-state index is 0.655. The van der Waals surface area contributed by atoms with Crippen molar-refractivity contribution in [1.82, 2.24) is 14.3 Å². The Kier molecular flexibility index (Phi) is 3.73. The predicted octanol–water partition coefficient (Wildman–Crippen LogP) is 3.02. The summed E-state index contributed by atoms with van der Waals surface area (Å²) in [6.07, 6.45) is 7.44. The zero-order valence-electron chi connectivity index (χ0n) is 11.1. The molecule has 100 valence electrons. The Morgan fingerprint density at radius 3 is 2.79 bits per heavy atom. The van der Waals surface area contributed by atoms with Crippen LogP contribution in [0.1, 0.15) is 36.6 Å². The second kappa shape index (κ2) is 5.65. The van der Waals surface area contributed by atoms with Crippen molar-refractivity contribution in [3.63, 3.8) is 0 Å². The van der Waals surface area contributed by atoms with E-state index < -0.39 is 0 Å². The smallest absolute Gasteiger partial charge is 0.205 e. The standard InChI is InChI=1S/C14H18N4S/c1-11-16-14(19-17-11)18-9-2-3-12(6-10-18)13-4-7-15-8-5-13/h4-5,7-8,12H,2-3,6,9-10H2,1H3. The quantitative estimate of drug-likeness (QED) is 0.844. The minimum Gasteiger partial charge on any atom is -0.347 e. The van der Waals surface area contributed by atoms with E-state index in [1.54, 1.807) is 0 Å². The lowest BCUT2D eigenvalue weighted by Crippen LogP contribution is -2.23. The Balaban J connectivity index is 1.69. The molecule has 1 saturated heterocycles. The average Bonchev–Trinajstić information content (AvgIpc) is 2.74. The van der Waals surface area contributed by atoms with Crippen LogP contribution >= 0.6 is 11.5 Å². The highest BCUT2D eigenvalue weighted by molar-refractivity contribution is 7.09. The topological polar surface area (TPSA) is 41.9 Å². The highest BCUT2D eigenvalue weighted by atomic mass is 32.1. The van der Waals surface area contributed by atoms with Gasteiger partial charge in [-0.15, -0.1) is 0 Å². The lowest BCUT2D eigenvalue weighted by molar-refractivity contribution is 0.611. The van der Waals surface area contributed by atoms with Crippen molar-refractivity contribution in [2.75, 3.05) is 18.0 Å². The lowest BCUT2D eigenvalue weighted by Gasteiger charge is -2.18. The van der Waals surface area contributed by atoms with Crippen LogP contribution in [0.15, 0.2) is 24.5 Å². The molecule has 19 heavy (non-hydrogen) atoms. The van der Waals surface area contributed by atoms with Crippen LogP contribution in [-0.4, -0.2) is 27.4 Å². The first-order valence-corrected chi connectivity index (χ1v) is 7.55. The molecule has 1 unspecified atom stereocenters. The van der Waals surface area contributed by atoms with Gasteiger partial charge in [0, 0.05) is 37.0 Å². The molecule has 3 heterocycles. The van der Waals surface area contributed by atoms with E-state index in [1.807, 2.05) is 19.3 Å². The molecule has 3 rings (SSSR count). The molecule has 0 N–H and O–H groups in total. The Bertz CT molecular complexity index is 525. The molecule has 0 saturated carbocycles. The van der Waals surface area contributed by atoms with E-state index in [9.17, 15) is 0 Å². The fourth-order valence-electron chi connectivity index (χ4n) is 2.67. The highest BCUT2D eigenvalue weighted by Gasteiger charge is 2.20. The molecule has 0 bridgehead atoms. The summed E-state index contributed by atoms with van der Waals surface area (Å²) in [5.41, 5.74) is 1.42. The SMILES string of the molecule is Cc1nsc(N2CCCC(c3ccncc3)CC2)n1. The van der Waals surface area contributed by atoms with Gasteiger partial charge in [-0.3, -0.25) is 4.98 Å². The van der Waals surface area contributed by atoms with Crippen LogP contribution in [0.3, 0.4) is 0 Å². The van der Waals surface area contributed by atoms with Gasteiger partial charge in [0.05, 0.1) is 0 Å². The molecule has 0 spiro atoms. The monoisotopic (exact) mass is 274 g/mol. The fraction of sp³-hybridized carbons (Fsp3) is 0.500. The Morgan fingerprint density at radius 2 is 2.05 bits per heavy atom. The summed E-state index contributed by atoms with van der Waals surface area (Å²) in [7, 11) is 0. The second-order valence-electron chi connectivity index (χ2n) is 5.02. The third kappa shape index (κ3) is 2.92. The van der Waals surface area contributed by atoms with Gasteiger partial charge in [-0.2, -0.15) is 4.37 Å². The number of hydrogen-bond acceptors (Lipinski definition) is 5. The van der Waals surface area contributed by atoms with Crippen LogP contribution in [0, 0.1) is 6.92 Å². The number of pyridine rings is 1. The van der Waals surface area contributed by atoms with Gasteiger partial charge in [0.15, 0.2) is 0 Å². The maximum absolute atomic E-state index is 4.50. The molecule has 0 aliphatic carbocycles. The molecule has 0 amide bonds. The number of anilines is 1. The molecule has 0 aromatic carbocycles. The minimum absolute atomic E-state index is 0.655. The van der Waals surface area contributed by atoms with Gasteiger partial charge in [0.2, 0.25) is 5.13 Å². The van der Waals surface area contributed by atoms with Crippen molar-refractivity contribution in [2.24, 2.45) is 0 Å². The van der Waals surface area contributed by atoms with Gasteiger partial charge in [0.25, 0.3) is 0 Å². The summed E-state index contributed by atoms with van der Waals surface area (Å²) in [5, 5.41) is 1.08. The summed E-state index contributed by atoms with van der Waals surface area (Å²) in [4.78, 5) is 11.0. The second-order valence-corrected chi connectivity index (χ2v) is 5.75. The first-order chi connectivity index (χ1) is 9.33. The van der Waals surface area contributed by atoms with Crippen LogP contribution < -0.4 is 4.90 Å². The number of aromatic nitrogens is 3. The van der Waals surface area contributed by atoms with E-state index in [2.05, 4.69) is 31.4 Å². The Labute approximate surface area is 117 Å². The van der Waals surface area contributed by atoms with Gasteiger partial charge in [-0.1, -0.05) is 0 Å². The van der Waals surface area contributed by atoms with E-state index in [0.29, 0.717) is 5.92 Å². The maximum Gasteiger partial charge on any atom is 0.205 e. The molecule has 1 aliphatic rings. The molecule has 0 radical (unpaired) electrons. The maximum atomic E-state index is 4.50. The molecule has 1 atom stereocenters. The van der Waals surface area contributed by atoms with Crippen molar-refractivity contribution < 1.29 is 0 Å². The number of rotatable bonds is 2. The number of hydrogen-bond donors (Lipinski definition) is 0. The van der Waals surface area contributed by atoms with Crippen LogP contribution in [0.5, 0.6) is 0 Å². The summed E-state index contributed by atoms with van der Waals surface area (Å²) < 4.78 is 4.28. The normalized spacial score (nSPS) is 20.3. The molecule has 1 fully saturated rings. The largest absolute Gasteiger partial charge is 0.347 e. The van der Waals surface area contributed by atoms with E-state index in [1.165, 1.54) is 36.4 Å². The summed E-state index contributed by atoms with van der Waals surface area (Å²) in [5.74, 6) is 1.54. The van der Waals surface area contributed by atoms with Crippen LogP contribution in [-0.2, 0) is 0 Å². The van der Waals surface area contributed by atoms with Crippen molar-refractivity contribution >= 4 is 16.7 Å². The molecular formula is C14H18N4S. The Morgan fingerprint density at radius 1 is 1.21 bits per heavy atom. The van der Waals surface area contributed by atoms with E-state index in [0.717, 1.165) is 24.0 Å². The fourth-order valence-corrected chi connectivity index (χ4v) is 3.40. The van der Waals surface area contributed by atoms with Gasteiger partial charge in [0.1, 0.15) is 5.82 Å². The van der Waals surface area contributed by atoms with Crippen LogP contribution in [0.25, 0.3) is 0 Å². The predicted molar refractivity (Wildman–Crippen MR) is 77.7 cm³/mol. The third-order valence-electron chi connectivity index (χ3n) is 3.69. The highest BCUT2D eigenvalue weighted by Crippen LogP contribution is 2.30. The van der Waals surface area contributed by atoms with Crippen molar-refractivity contribution in [1.29, 1.82) is 0 Å². The lowest BCUT2D eigenvalue weighted by atomic mass is 9.93. The third-order valence-corrected chi connectivity index (χ3v) is 4.56. The molecule has 5 heteroatoms. The summed E-state index contributed by atoms with van der Waals surface area (Å²) in [6, 6.07) is 4.30. The molecule has 2 aromatic rings.